The molecule has 0 fully saturated rings. The van der Waals surface area contributed by atoms with Gasteiger partial charge in [-0.2, -0.15) is 0 Å². The summed E-state index contributed by atoms with van der Waals surface area (Å²) in [5, 5.41) is 0. The Morgan fingerprint density at radius 3 is 2.40 bits per heavy atom. The first-order valence-corrected chi connectivity index (χ1v) is 7.13. The van der Waals surface area contributed by atoms with E-state index in [1.54, 1.807) is 7.11 Å². The highest BCUT2D eigenvalue weighted by Gasteiger charge is 2.18. The molecule has 0 radical (unpaired) electrons. The molecule has 0 spiro atoms. The highest BCUT2D eigenvalue weighted by Crippen LogP contribution is 2.32. The van der Waals surface area contributed by atoms with Crippen molar-refractivity contribution in [3.8, 4) is 5.75 Å². The van der Waals surface area contributed by atoms with Crippen LogP contribution in [0.3, 0.4) is 0 Å². The smallest absolute Gasteiger partial charge is 0.306 e. The van der Waals surface area contributed by atoms with Gasteiger partial charge in [0.15, 0.2) is 0 Å². The zero-order valence-electron chi connectivity index (χ0n) is 13.5. The normalized spacial score (nSPS) is 11.3. The van der Waals surface area contributed by atoms with E-state index in [4.69, 9.17) is 9.47 Å². The van der Waals surface area contributed by atoms with E-state index in [2.05, 4.69) is 32.9 Å². The minimum atomic E-state index is -0.159. The number of esters is 1. The maximum atomic E-state index is 11.5. The fourth-order valence-corrected chi connectivity index (χ4v) is 2.23. The van der Waals surface area contributed by atoms with Crippen molar-refractivity contribution < 1.29 is 14.3 Å². The Balaban J connectivity index is 3.03. The van der Waals surface area contributed by atoms with Gasteiger partial charge in [-0.1, -0.05) is 32.9 Å². The van der Waals surface area contributed by atoms with Crippen LogP contribution in [0.5, 0.6) is 5.75 Å². The fourth-order valence-electron chi connectivity index (χ4n) is 2.23. The van der Waals surface area contributed by atoms with Crippen LogP contribution in [0.25, 0.3) is 0 Å². The maximum Gasteiger partial charge on any atom is 0.306 e. The molecule has 1 aromatic rings. The third kappa shape index (κ3) is 4.26. The summed E-state index contributed by atoms with van der Waals surface area (Å²) >= 11 is 0. The first kappa shape index (κ1) is 16.5. The molecule has 0 heterocycles. The number of hydrogen-bond acceptors (Lipinski definition) is 3. The second-order valence-electron chi connectivity index (χ2n) is 6.04. The van der Waals surface area contributed by atoms with Crippen molar-refractivity contribution in [2.75, 3.05) is 13.7 Å². The number of hydrogen-bond donors (Lipinski definition) is 0. The molecular formula is C17H26O3. The molecule has 112 valence electrons. The first-order valence-electron chi connectivity index (χ1n) is 7.13. The van der Waals surface area contributed by atoms with Gasteiger partial charge < -0.3 is 9.47 Å². The van der Waals surface area contributed by atoms with Gasteiger partial charge >= 0.3 is 5.97 Å². The molecule has 0 amide bonds. The molecule has 0 aliphatic heterocycles. The molecule has 0 atom stereocenters. The molecule has 3 heteroatoms. The van der Waals surface area contributed by atoms with Crippen molar-refractivity contribution in [2.24, 2.45) is 0 Å². The minimum absolute atomic E-state index is 0.0791. The van der Waals surface area contributed by atoms with Crippen LogP contribution in [-0.4, -0.2) is 19.7 Å². The van der Waals surface area contributed by atoms with Gasteiger partial charge in [-0.3, -0.25) is 4.79 Å². The van der Waals surface area contributed by atoms with Crippen LogP contribution in [0.1, 0.15) is 50.8 Å². The SMILES string of the molecule is CCOC(=O)CCc1cc(C(C)(C)C)cc(C)c1OC. The van der Waals surface area contributed by atoms with Crippen LogP contribution < -0.4 is 4.74 Å². The number of ether oxygens (including phenoxy) is 2. The zero-order chi connectivity index (χ0) is 15.3. The fraction of sp³-hybridized carbons (Fsp3) is 0.588. The van der Waals surface area contributed by atoms with Crippen molar-refractivity contribution in [1.29, 1.82) is 0 Å². The van der Waals surface area contributed by atoms with E-state index in [0.29, 0.717) is 19.4 Å². The summed E-state index contributed by atoms with van der Waals surface area (Å²) in [7, 11) is 1.67. The van der Waals surface area contributed by atoms with Crippen LogP contribution in [0, 0.1) is 6.92 Å². The van der Waals surface area contributed by atoms with Gasteiger partial charge in [-0.25, -0.2) is 0 Å². The van der Waals surface area contributed by atoms with Crippen LogP contribution in [0.2, 0.25) is 0 Å². The highest BCUT2D eigenvalue weighted by atomic mass is 16.5. The van der Waals surface area contributed by atoms with E-state index in [-0.39, 0.29) is 11.4 Å². The van der Waals surface area contributed by atoms with Crippen molar-refractivity contribution >= 4 is 5.97 Å². The Hall–Kier alpha value is -1.51. The second kappa shape index (κ2) is 6.78. The van der Waals surface area contributed by atoms with E-state index in [0.717, 1.165) is 16.9 Å². The van der Waals surface area contributed by atoms with Crippen molar-refractivity contribution in [1.82, 2.24) is 0 Å². The highest BCUT2D eigenvalue weighted by molar-refractivity contribution is 5.70. The Morgan fingerprint density at radius 1 is 1.25 bits per heavy atom. The monoisotopic (exact) mass is 278 g/mol. The molecule has 0 aromatic heterocycles. The number of carbonyl (C=O) groups excluding carboxylic acids is 1. The molecular weight excluding hydrogens is 252 g/mol. The number of rotatable bonds is 5. The van der Waals surface area contributed by atoms with E-state index < -0.39 is 0 Å². The lowest BCUT2D eigenvalue weighted by atomic mass is 9.84. The van der Waals surface area contributed by atoms with E-state index >= 15 is 0 Å². The van der Waals surface area contributed by atoms with Gasteiger partial charge in [-0.15, -0.1) is 0 Å². The molecule has 0 bridgehead atoms. The van der Waals surface area contributed by atoms with Gasteiger partial charge in [0, 0.05) is 6.42 Å². The lowest BCUT2D eigenvalue weighted by molar-refractivity contribution is -0.143. The molecule has 0 saturated heterocycles. The summed E-state index contributed by atoms with van der Waals surface area (Å²) < 4.78 is 10.5. The number of benzene rings is 1. The van der Waals surface area contributed by atoms with Crippen LogP contribution in [-0.2, 0) is 21.4 Å². The Kier molecular flexibility index (Phi) is 5.61. The van der Waals surface area contributed by atoms with Crippen molar-refractivity contribution in [3.63, 3.8) is 0 Å². The quantitative estimate of drug-likeness (QED) is 0.769. The molecule has 1 rings (SSSR count). The van der Waals surface area contributed by atoms with Gasteiger partial charge in [0.2, 0.25) is 0 Å². The summed E-state index contributed by atoms with van der Waals surface area (Å²) in [6.07, 6.45) is 1.03. The second-order valence-corrected chi connectivity index (χ2v) is 6.04. The third-order valence-corrected chi connectivity index (χ3v) is 3.33. The largest absolute Gasteiger partial charge is 0.496 e. The summed E-state index contributed by atoms with van der Waals surface area (Å²) in [5.74, 6) is 0.718. The predicted molar refractivity (Wildman–Crippen MR) is 81.4 cm³/mol. The summed E-state index contributed by atoms with van der Waals surface area (Å²) in [4.78, 5) is 11.5. The standard InChI is InChI=1S/C17H26O3/c1-7-20-15(18)9-8-13-11-14(17(3,4)5)10-12(2)16(13)19-6/h10-11H,7-9H2,1-6H3. The van der Waals surface area contributed by atoms with E-state index in [1.807, 2.05) is 13.8 Å². The van der Waals surface area contributed by atoms with Gasteiger partial charge in [0.05, 0.1) is 13.7 Å². The number of carbonyl (C=O) groups is 1. The average Bonchev–Trinajstić information content (AvgIpc) is 2.35. The van der Waals surface area contributed by atoms with Gasteiger partial charge in [-0.05, 0) is 42.4 Å². The molecule has 0 saturated carbocycles. The number of aryl methyl sites for hydroxylation is 2. The van der Waals surface area contributed by atoms with Crippen LogP contribution in [0.4, 0.5) is 0 Å². The number of methoxy groups -OCH3 is 1. The zero-order valence-corrected chi connectivity index (χ0v) is 13.5. The summed E-state index contributed by atoms with van der Waals surface area (Å²) in [5.41, 5.74) is 3.52. The minimum Gasteiger partial charge on any atom is -0.496 e. The lowest BCUT2D eigenvalue weighted by Crippen LogP contribution is -2.13. The summed E-state index contributed by atoms with van der Waals surface area (Å²) in [6.45, 7) is 10.8. The Morgan fingerprint density at radius 2 is 1.90 bits per heavy atom. The maximum absolute atomic E-state index is 11.5. The average molecular weight is 278 g/mol. The van der Waals surface area contributed by atoms with E-state index in [9.17, 15) is 4.79 Å². The third-order valence-electron chi connectivity index (χ3n) is 3.33. The molecule has 0 aliphatic rings. The Bertz CT molecular complexity index is 470. The van der Waals surface area contributed by atoms with Crippen molar-refractivity contribution in [2.45, 2.75) is 52.9 Å². The molecule has 0 aliphatic carbocycles. The van der Waals surface area contributed by atoms with Gasteiger partial charge in [0.1, 0.15) is 5.75 Å². The first-order chi connectivity index (χ1) is 9.29. The van der Waals surface area contributed by atoms with Crippen LogP contribution >= 0.6 is 0 Å². The molecule has 1 aromatic carbocycles. The van der Waals surface area contributed by atoms with E-state index in [1.165, 1.54) is 5.56 Å². The van der Waals surface area contributed by atoms with Crippen molar-refractivity contribution in [3.05, 3.63) is 28.8 Å². The van der Waals surface area contributed by atoms with Crippen LogP contribution in [0.15, 0.2) is 12.1 Å². The predicted octanol–water partition coefficient (Wildman–Crippen LogP) is 3.80. The van der Waals surface area contributed by atoms with Gasteiger partial charge in [0.25, 0.3) is 0 Å². The lowest BCUT2D eigenvalue weighted by Gasteiger charge is -2.22. The molecule has 0 N–H and O–H groups in total. The molecule has 3 nitrogen and oxygen atoms in total. The Labute approximate surface area is 122 Å². The molecule has 0 unspecified atom stereocenters. The topological polar surface area (TPSA) is 35.5 Å². The summed E-state index contributed by atoms with van der Waals surface area (Å²) in [6, 6.07) is 4.30. The molecule has 20 heavy (non-hydrogen) atoms.